The summed E-state index contributed by atoms with van der Waals surface area (Å²) in [6.45, 7) is 6.19. The molecule has 0 N–H and O–H groups in total. The van der Waals surface area contributed by atoms with Gasteiger partial charge in [-0.3, -0.25) is 0 Å². The Kier molecular flexibility index (Phi) is 3.14. The van der Waals surface area contributed by atoms with Crippen LogP contribution in [-0.2, 0) is 0 Å². The van der Waals surface area contributed by atoms with Gasteiger partial charge >= 0.3 is 0 Å². The zero-order chi connectivity index (χ0) is 12.7. The van der Waals surface area contributed by atoms with Gasteiger partial charge < -0.3 is 0 Å². The van der Waals surface area contributed by atoms with Crippen molar-refractivity contribution in [1.82, 2.24) is 0 Å². The number of hydrogen-bond acceptors (Lipinski definition) is 3. The summed E-state index contributed by atoms with van der Waals surface area (Å²) < 4.78 is 7.31. The van der Waals surface area contributed by atoms with Crippen molar-refractivity contribution in [2.75, 3.05) is 0 Å². The topological polar surface area (TPSA) is 0 Å². The second-order valence-corrected chi connectivity index (χ2v) is 7.27. The fourth-order valence-electron chi connectivity index (χ4n) is 2.11. The minimum absolute atomic E-state index is 1.41. The van der Waals surface area contributed by atoms with Gasteiger partial charge in [-0.2, -0.15) is 0 Å². The standard InChI is InChI=1S/C13H8S3.C2H6/c1-7-6-10-12(14-7)13-11(16-10)8-4-2-3-5-9(8)15-13;1-2/h2-6H,1H3;1-2H3. The highest BCUT2D eigenvalue weighted by atomic mass is 32.1. The van der Waals surface area contributed by atoms with Gasteiger partial charge in [0.25, 0.3) is 0 Å². The van der Waals surface area contributed by atoms with E-state index in [2.05, 4.69) is 37.3 Å². The van der Waals surface area contributed by atoms with Gasteiger partial charge in [-0.25, -0.2) is 0 Å². The predicted octanol–water partition coefficient (Wildman–Crippen LogP) is 6.67. The summed E-state index contributed by atoms with van der Waals surface area (Å²) in [5.41, 5.74) is 0. The van der Waals surface area contributed by atoms with Crippen molar-refractivity contribution >= 4 is 62.9 Å². The molecule has 0 aliphatic carbocycles. The second-order valence-electron chi connectivity index (χ2n) is 3.91. The number of thiophene rings is 3. The van der Waals surface area contributed by atoms with Gasteiger partial charge in [0.15, 0.2) is 0 Å². The largest absolute Gasteiger partial charge is 0.138 e. The van der Waals surface area contributed by atoms with Crippen LogP contribution in [0.2, 0.25) is 0 Å². The molecule has 0 amide bonds. The Bertz CT molecular complexity index is 814. The van der Waals surface area contributed by atoms with Crippen LogP contribution in [0.25, 0.3) is 28.9 Å². The first-order valence-electron chi connectivity index (χ1n) is 6.13. The van der Waals surface area contributed by atoms with Crippen molar-refractivity contribution in [1.29, 1.82) is 0 Å². The molecule has 92 valence electrons. The molecule has 3 heterocycles. The molecule has 1 aromatic carbocycles. The highest BCUT2D eigenvalue weighted by Gasteiger charge is 2.13. The van der Waals surface area contributed by atoms with Crippen LogP contribution in [0, 0.1) is 6.92 Å². The fraction of sp³-hybridized carbons (Fsp3) is 0.200. The second kappa shape index (κ2) is 4.65. The summed E-state index contributed by atoms with van der Waals surface area (Å²) in [6, 6.07) is 11.0. The molecule has 0 unspecified atom stereocenters. The first-order valence-corrected chi connectivity index (χ1v) is 8.58. The summed E-state index contributed by atoms with van der Waals surface area (Å²) in [6.07, 6.45) is 0. The number of benzene rings is 1. The fourth-order valence-corrected chi connectivity index (χ4v) is 6.16. The lowest BCUT2D eigenvalue weighted by molar-refractivity contribution is 1.50. The van der Waals surface area contributed by atoms with E-state index in [1.54, 1.807) is 0 Å². The van der Waals surface area contributed by atoms with E-state index in [1.165, 1.54) is 33.8 Å². The van der Waals surface area contributed by atoms with Crippen LogP contribution in [-0.4, -0.2) is 0 Å². The molecule has 0 radical (unpaired) electrons. The van der Waals surface area contributed by atoms with E-state index >= 15 is 0 Å². The molecule has 3 aromatic heterocycles. The zero-order valence-electron chi connectivity index (χ0n) is 10.6. The zero-order valence-corrected chi connectivity index (χ0v) is 13.1. The maximum atomic E-state index is 2.31. The molecular weight excluding hydrogens is 276 g/mol. The Morgan fingerprint density at radius 2 is 1.50 bits per heavy atom. The molecular formula is C15H14S3. The monoisotopic (exact) mass is 290 g/mol. The van der Waals surface area contributed by atoms with Gasteiger partial charge in [-0.15, -0.1) is 34.0 Å². The molecule has 0 bridgehead atoms. The van der Waals surface area contributed by atoms with E-state index in [0.29, 0.717) is 0 Å². The quantitative estimate of drug-likeness (QED) is 0.339. The molecule has 0 saturated heterocycles. The molecule has 4 rings (SSSR count). The molecule has 0 atom stereocenters. The van der Waals surface area contributed by atoms with E-state index in [0.717, 1.165) is 0 Å². The third-order valence-electron chi connectivity index (χ3n) is 2.79. The van der Waals surface area contributed by atoms with Crippen molar-refractivity contribution in [3.05, 3.63) is 35.2 Å². The van der Waals surface area contributed by atoms with Crippen molar-refractivity contribution in [3.8, 4) is 0 Å². The van der Waals surface area contributed by atoms with Crippen LogP contribution in [0.3, 0.4) is 0 Å². The summed E-state index contributed by atoms with van der Waals surface area (Å²) in [5, 5.41) is 1.42. The number of hydrogen-bond donors (Lipinski definition) is 0. The van der Waals surface area contributed by atoms with Gasteiger partial charge in [0, 0.05) is 19.7 Å². The molecule has 0 aliphatic rings. The normalized spacial score (nSPS) is 11.1. The third-order valence-corrected chi connectivity index (χ3v) is 6.60. The Hall–Kier alpha value is -0.900. The maximum absolute atomic E-state index is 2.31. The smallest absolute Gasteiger partial charge is 0.0642 e. The first-order chi connectivity index (χ1) is 8.83. The van der Waals surface area contributed by atoms with E-state index < -0.39 is 0 Å². The summed E-state index contributed by atoms with van der Waals surface area (Å²) in [4.78, 5) is 1.42. The third kappa shape index (κ3) is 1.69. The predicted molar refractivity (Wildman–Crippen MR) is 88.7 cm³/mol. The SMILES string of the molecule is CC.Cc1cc2sc3c4ccccc4sc3c2s1. The Morgan fingerprint density at radius 1 is 0.778 bits per heavy atom. The molecule has 4 aromatic rings. The molecule has 18 heavy (non-hydrogen) atoms. The summed E-state index contributed by atoms with van der Waals surface area (Å²) in [7, 11) is 0. The summed E-state index contributed by atoms with van der Waals surface area (Å²) in [5.74, 6) is 0. The molecule has 3 heteroatoms. The van der Waals surface area contributed by atoms with E-state index in [-0.39, 0.29) is 0 Å². The number of aryl methyl sites for hydroxylation is 1. The van der Waals surface area contributed by atoms with Gasteiger partial charge in [-0.05, 0) is 19.1 Å². The summed E-state index contributed by atoms with van der Waals surface area (Å²) >= 11 is 5.80. The molecule has 0 nitrogen and oxygen atoms in total. The average molecular weight is 290 g/mol. The van der Waals surface area contributed by atoms with Gasteiger partial charge in [0.2, 0.25) is 0 Å². The van der Waals surface area contributed by atoms with Crippen molar-refractivity contribution in [3.63, 3.8) is 0 Å². The Labute approximate surface area is 118 Å². The van der Waals surface area contributed by atoms with E-state index in [4.69, 9.17) is 0 Å². The lowest BCUT2D eigenvalue weighted by atomic mass is 10.2. The lowest BCUT2D eigenvalue weighted by Gasteiger charge is -1.85. The van der Waals surface area contributed by atoms with Crippen LogP contribution in [0.5, 0.6) is 0 Å². The van der Waals surface area contributed by atoms with Gasteiger partial charge in [0.1, 0.15) is 0 Å². The Morgan fingerprint density at radius 3 is 2.33 bits per heavy atom. The minimum Gasteiger partial charge on any atom is -0.138 e. The first kappa shape index (κ1) is 12.2. The van der Waals surface area contributed by atoms with Crippen LogP contribution in [0.1, 0.15) is 18.7 Å². The van der Waals surface area contributed by atoms with Crippen LogP contribution < -0.4 is 0 Å². The molecule has 0 saturated carbocycles. The van der Waals surface area contributed by atoms with Crippen molar-refractivity contribution in [2.24, 2.45) is 0 Å². The van der Waals surface area contributed by atoms with Gasteiger partial charge in [-0.1, -0.05) is 32.0 Å². The van der Waals surface area contributed by atoms with Crippen LogP contribution in [0.15, 0.2) is 30.3 Å². The van der Waals surface area contributed by atoms with Crippen LogP contribution in [0.4, 0.5) is 0 Å². The van der Waals surface area contributed by atoms with Crippen molar-refractivity contribution in [2.45, 2.75) is 20.8 Å². The highest BCUT2D eigenvalue weighted by molar-refractivity contribution is 7.41. The van der Waals surface area contributed by atoms with Gasteiger partial charge in [0.05, 0.1) is 14.1 Å². The minimum atomic E-state index is 1.41. The molecule has 0 spiro atoms. The Balaban J connectivity index is 0.000000478. The molecule has 0 aliphatic heterocycles. The number of rotatable bonds is 0. The van der Waals surface area contributed by atoms with E-state index in [9.17, 15) is 0 Å². The lowest BCUT2D eigenvalue weighted by Crippen LogP contribution is -1.58. The number of fused-ring (bicyclic) bond motifs is 5. The van der Waals surface area contributed by atoms with Crippen LogP contribution >= 0.6 is 34.0 Å². The highest BCUT2D eigenvalue weighted by Crippen LogP contribution is 2.46. The van der Waals surface area contributed by atoms with Crippen molar-refractivity contribution < 1.29 is 0 Å². The maximum Gasteiger partial charge on any atom is 0.0642 e. The molecule has 0 fully saturated rings. The van der Waals surface area contributed by atoms with E-state index in [1.807, 2.05) is 47.9 Å². The average Bonchev–Trinajstić information content (AvgIpc) is 3.01.